The number of carbonyl (C=O) groups excluding carboxylic acids is 3. The summed E-state index contributed by atoms with van der Waals surface area (Å²) < 4.78 is 10.1. The lowest BCUT2D eigenvalue weighted by Gasteiger charge is -2.21. The Kier molecular flexibility index (Phi) is 5.42. The minimum absolute atomic E-state index is 0.108. The fraction of sp³-hybridized carbons (Fsp3) is 0.353. The minimum atomic E-state index is -0.707. The molecule has 1 fully saturated rings. The number of rotatable bonds is 4. The van der Waals surface area contributed by atoms with E-state index < -0.39 is 29.3 Å². The Bertz CT molecular complexity index is 750. The number of carbonyl (C=O) groups is 3. The van der Waals surface area contributed by atoms with Gasteiger partial charge in [0.05, 0.1) is 12.0 Å². The number of hydrogen-bond donors (Lipinski definition) is 1. The summed E-state index contributed by atoms with van der Waals surface area (Å²) in [5.74, 6) is -1.16. The normalized spacial score (nSPS) is 16.5. The first-order valence-corrected chi connectivity index (χ1v) is 8.27. The van der Waals surface area contributed by atoms with Crippen LogP contribution in [0, 0.1) is 0 Å². The van der Waals surface area contributed by atoms with Gasteiger partial charge in [-0.1, -0.05) is 12.1 Å². The zero-order chi connectivity index (χ0) is 18.8. The summed E-state index contributed by atoms with van der Waals surface area (Å²) in [5.41, 5.74) is -0.372. The number of phenols is 1. The molecule has 0 aromatic heterocycles. The van der Waals surface area contributed by atoms with Gasteiger partial charge in [0.2, 0.25) is 0 Å². The molecule has 1 aliphatic rings. The van der Waals surface area contributed by atoms with Gasteiger partial charge in [0.1, 0.15) is 12.1 Å². The number of para-hydroxylation sites is 1. The molecule has 1 aromatic rings. The van der Waals surface area contributed by atoms with Crippen LogP contribution in [0.4, 0.5) is 4.79 Å². The van der Waals surface area contributed by atoms with Gasteiger partial charge in [0, 0.05) is 5.56 Å². The van der Waals surface area contributed by atoms with Gasteiger partial charge in [-0.2, -0.15) is 0 Å². The number of amides is 2. The van der Waals surface area contributed by atoms with Crippen molar-refractivity contribution in [1.82, 2.24) is 4.90 Å². The molecule has 25 heavy (non-hydrogen) atoms. The molecule has 0 aliphatic carbocycles. The van der Waals surface area contributed by atoms with E-state index in [4.69, 9.17) is 9.47 Å². The SMILES string of the molecule is COc1cccc(C=C2SC(=O)N(CC(=O)OC(C)(C)C)C2=O)c1O. The molecule has 0 atom stereocenters. The van der Waals surface area contributed by atoms with Gasteiger partial charge >= 0.3 is 5.97 Å². The van der Waals surface area contributed by atoms with E-state index in [0.717, 1.165) is 4.90 Å². The third-order valence-corrected chi connectivity index (χ3v) is 4.02. The Labute approximate surface area is 149 Å². The third-order valence-electron chi connectivity index (χ3n) is 3.12. The van der Waals surface area contributed by atoms with Crippen molar-refractivity contribution < 1.29 is 29.0 Å². The van der Waals surface area contributed by atoms with Crippen LogP contribution in [0.15, 0.2) is 23.1 Å². The Morgan fingerprint density at radius 2 is 2.00 bits per heavy atom. The molecule has 134 valence electrons. The number of imide groups is 1. The van der Waals surface area contributed by atoms with Crippen LogP contribution in [0.1, 0.15) is 26.3 Å². The summed E-state index contributed by atoms with van der Waals surface area (Å²) in [6.07, 6.45) is 1.39. The molecule has 1 N–H and O–H groups in total. The Balaban J connectivity index is 2.20. The maximum absolute atomic E-state index is 12.4. The smallest absolute Gasteiger partial charge is 0.326 e. The fourth-order valence-corrected chi connectivity index (χ4v) is 2.93. The average molecular weight is 365 g/mol. The summed E-state index contributed by atoms with van der Waals surface area (Å²) >= 11 is 0.698. The van der Waals surface area contributed by atoms with Crippen molar-refractivity contribution in [2.75, 3.05) is 13.7 Å². The Hall–Kier alpha value is -2.48. The molecular formula is C17H19NO6S. The number of benzene rings is 1. The molecule has 7 nitrogen and oxygen atoms in total. The minimum Gasteiger partial charge on any atom is -0.504 e. The summed E-state index contributed by atoms with van der Waals surface area (Å²) in [7, 11) is 1.41. The highest BCUT2D eigenvalue weighted by atomic mass is 32.2. The number of phenolic OH excluding ortho intramolecular Hbond substituents is 1. The quantitative estimate of drug-likeness (QED) is 0.648. The van der Waals surface area contributed by atoms with Crippen molar-refractivity contribution >= 4 is 35.0 Å². The number of thioether (sulfide) groups is 1. The molecule has 0 radical (unpaired) electrons. The van der Waals surface area contributed by atoms with Gasteiger partial charge in [0.15, 0.2) is 11.5 Å². The number of ether oxygens (including phenoxy) is 2. The highest BCUT2D eigenvalue weighted by Crippen LogP contribution is 2.36. The third kappa shape index (κ3) is 4.54. The molecule has 0 unspecified atom stereocenters. The van der Waals surface area contributed by atoms with Crippen LogP contribution >= 0.6 is 11.8 Å². The Morgan fingerprint density at radius 3 is 2.60 bits per heavy atom. The van der Waals surface area contributed by atoms with Crippen LogP contribution in [0.2, 0.25) is 0 Å². The highest BCUT2D eigenvalue weighted by molar-refractivity contribution is 8.18. The van der Waals surface area contributed by atoms with Crippen LogP contribution < -0.4 is 4.74 Å². The van der Waals surface area contributed by atoms with E-state index in [1.54, 1.807) is 39.0 Å². The number of hydrogen-bond acceptors (Lipinski definition) is 7. The second-order valence-electron chi connectivity index (χ2n) is 6.25. The first kappa shape index (κ1) is 18.9. The molecule has 1 saturated heterocycles. The van der Waals surface area contributed by atoms with E-state index in [0.29, 0.717) is 17.3 Å². The predicted octanol–water partition coefficient (Wildman–Crippen LogP) is 2.78. The van der Waals surface area contributed by atoms with Crippen LogP contribution in [-0.2, 0) is 14.3 Å². The molecule has 0 saturated carbocycles. The van der Waals surface area contributed by atoms with Gasteiger partial charge < -0.3 is 14.6 Å². The molecular weight excluding hydrogens is 346 g/mol. The number of methoxy groups -OCH3 is 1. The number of nitrogens with zero attached hydrogens (tertiary/aromatic N) is 1. The maximum atomic E-state index is 12.4. The van der Waals surface area contributed by atoms with E-state index >= 15 is 0 Å². The van der Waals surface area contributed by atoms with Crippen LogP contribution in [-0.4, -0.2) is 46.4 Å². The van der Waals surface area contributed by atoms with Crippen molar-refractivity contribution in [1.29, 1.82) is 0 Å². The molecule has 1 aliphatic heterocycles. The molecule has 8 heteroatoms. The van der Waals surface area contributed by atoms with Crippen molar-refractivity contribution in [3.63, 3.8) is 0 Å². The van der Waals surface area contributed by atoms with Crippen molar-refractivity contribution in [3.05, 3.63) is 28.7 Å². The Morgan fingerprint density at radius 1 is 1.32 bits per heavy atom. The number of esters is 1. The zero-order valence-electron chi connectivity index (χ0n) is 14.4. The topological polar surface area (TPSA) is 93.1 Å². The van der Waals surface area contributed by atoms with Gasteiger partial charge in [-0.05, 0) is 44.7 Å². The standard InChI is InChI=1S/C17H19NO6S/c1-17(2,3)24-13(19)9-18-15(21)12(25-16(18)22)8-10-6-5-7-11(23-4)14(10)20/h5-8,20H,9H2,1-4H3. The van der Waals surface area contributed by atoms with Crippen molar-refractivity contribution in [2.45, 2.75) is 26.4 Å². The summed E-state index contributed by atoms with van der Waals surface area (Å²) in [6.45, 7) is 4.64. The molecule has 1 aromatic carbocycles. The van der Waals surface area contributed by atoms with E-state index in [1.165, 1.54) is 13.2 Å². The maximum Gasteiger partial charge on any atom is 0.326 e. The van der Waals surface area contributed by atoms with Crippen molar-refractivity contribution in [3.8, 4) is 11.5 Å². The first-order chi connectivity index (χ1) is 11.6. The van der Waals surface area contributed by atoms with Gasteiger partial charge in [-0.3, -0.25) is 19.3 Å². The van der Waals surface area contributed by atoms with Gasteiger partial charge in [0.25, 0.3) is 11.1 Å². The van der Waals surface area contributed by atoms with Crippen molar-refractivity contribution in [2.24, 2.45) is 0 Å². The molecule has 1 heterocycles. The molecule has 2 amide bonds. The lowest BCUT2D eigenvalue weighted by atomic mass is 10.1. The van der Waals surface area contributed by atoms with E-state index in [-0.39, 0.29) is 16.4 Å². The average Bonchev–Trinajstić information content (AvgIpc) is 2.75. The lowest BCUT2D eigenvalue weighted by molar-refractivity contribution is -0.156. The van der Waals surface area contributed by atoms with Gasteiger partial charge in [-0.25, -0.2) is 0 Å². The van der Waals surface area contributed by atoms with E-state index in [9.17, 15) is 19.5 Å². The largest absolute Gasteiger partial charge is 0.504 e. The fourth-order valence-electron chi connectivity index (χ4n) is 2.10. The van der Waals surface area contributed by atoms with Gasteiger partial charge in [-0.15, -0.1) is 0 Å². The van der Waals surface area contributed by atoms with Crippen LogP contribution in [0.25, 0.3) is 6.08 Å². The predicted molar refractivity (Wildman–Crippen MR) is 93.2 cm³/mol. The summed E-state index contributed by atoms with van der Waals surface area (Å²) in [4.78, 5) is 37.2. The monoisotopic (exact) mass is 365 g/mol. The second kappa shape index (κ2) is 7.18. The van der Waals surface area contributed by atoms with Crippen LogP contribution in [0.5, 0.6) is 11.5 Å². The second-order valence-corrected chi connectivity index (χ2v) is 7.25. The lowest BCUT2D eigenvalue weighted by Crippen LogP contribution is -2.37. The zero-order valence-corrected chi connectivity index (χ0v) is 15.2. The molecule has 0 bridgehead atoms. The highest BCUT2D eigenvalue weighted by Gasteiger charge is 2.37. The van der Waals surface area contributed by atoms with E-state index in [2.05, 4.69) is 0 Å². The molecule has 0 spiro atoms. The first-order valence-electron chi connectivity index (χ1n) is 7.45. The van der Waals surface area contributed by atoms with E-state index in [1.807, 2.05) is 0 Å². The number of aromatic hydroxyl groups is 1. The van der Waals surface area contributed by atoms with Crippen LogP contribution in [0.3, 0.4) is 0 Å². The summed E-state index contributed by atoms with van der Waals surface area (Å²) in [5, 5.41) is 9.51. The molecule has 2 rings (SSSR count). The summed E-state index contributed by atoms with van der Waals surface area (Å²) in [6, 6.07) is 4.80.